The third-order valence-electron chi connectivity index (χ3n) is 2.67. The highest BCUT2D eigenvalue weighted by molar-refractivity contribution is 5.81. The fourth-order valence-corrected chi connectivity index (χ4v) is 1.42. The van der Waals surface area contributed by atoms with Gasteiger partial charge in [-0.15, -0.1) is 0 Å². The van der Waals surface area contributed by atoms with Crippen molar-refractivity contribution in [3.05, 3.63) is 30.1 Å². The number of likely N-dealkylation sites (N-methyl/N-ethyl adjacent to an activating group) is 2. The molecule has 1 unspecified atom stereocenters. The molecule has 0 spiro atoms. The largest absolute Gasteiger partial charge is 0.492 e. The van der Waals surface area contributed by atoms with E-state index in [2.05, 4.69) is 5.32 Å². The van der Waals surface area contributed by atoms with Crippen LogP contribution in [0.5, 0.6) is 5.75 Å². The molecule has 0 radical (unpaired) electrons. The van der Waals surface area contributed by atoms with Crippen LogP contribution in [-0.4, -0.2) is 44.1 Å². The maximum atomic E-state index is 12.9. The van der Waals surface area contributed by atoms with Gasteiger partial charge in [0.1, 0.15) is 18.2 Å². The lowest BCUT2D eigenvalue weighted by atomic mass is 10.3. The van der Waals surface area contributed by atoms with Gasteiger partial charge < -0.3 is 15.0 Å². The molecule has 0 aliphatic rings. The van der Waals surface area contributed by atoms with E-state index >= 15 is 0 Å². The van der Waals surface area contributed by atoms with Crippen molar-refractivity contribution in [3.8, 4) is 5.75 Å². The van der Waals surface area contributed by atoms with Crippen LogP contribution in [0, 0.1) is 5.82 Å². The Hall–Kier alpha value is -1.62. The van der Waals surface area contributed by atoms with Crippen molar-refractivity contribution in [3.63, 3.8) is 0 Å². The van der Waals surface area contributed by atoms with Crippen molar-refractivity contribution in [1.29, 1.82) is 0 Å². The molecule has 1 aromatic carbocycles. The summed E-state index contributed by atoms with van der Waals surface area (Å²) in [7, 11) is 3.45. The number of benzene rings is 1. The maximum Gasteiger partial charge on any atom is 0.239 e. The fourth-order valence-electron chi connectivity index (χ4n) is 1.42. The molecule has 0 fully saturated rings. The van der Waals surface area contributed by atoms with E-state index in [1.165, 1.54) is 12.1 Å². The van der Waals surface area contributed by atoms with Crippen LogP contribution >= 0.6 is 0 Å². The molecule has 1 amide bonds. The number of hydrogen-bond acceptors (Lipinski definition) is 3. The van der Waals surface area contributed by atoms with Crippen LogP contribution in [-0.2, 0) is 4.79 Å². The second-order valence-corrected chi connectivity index (χ2v) is 4.08. The molecule has 1 rings (SSSR count). The summed E-state index contributed by atoms with van der Waals surface area (Å²) in [5, 5.41) is 2.88. The summed E-state index contributed by atoms with van der Waals surface area (Å²) in [6.45, 7) is 2.59. The van der Waals surface area contributed by atoms with E-state index in [1.54, 1.807) is 38.1 Å². The number of nitrogens with one attached hydrogen (secondary N) is 1. The first-order valence-electron chi connectivity index (χ1n) is 5.85. The van der Waals surface area contributed by atoms with Crippen molar-refractivity contribution in [1.82, 2.24) is 10.2 Å². The second kappa shape index (κ2) is 6.96. The zero-order valence-electron chi connectivity index (χ0n) is 10.9. The van der Waals surface area contributed by atoms with Gasteiger partial charge in [-0.1, -0.05) is 6.07 Å². The monoisotopic (exact) mass is 254 g/mol. The minimum absolute atomic E-state index is 0.000317. The summed E-state index contributed by atoms with van der Waals surface area (Å²) in [5.41, 5.74) is 0. The molecule has 100 valence electrons. The predicted octanol–water partition coefficient (Wildman–Crippen LogP) is 1.27. The van der Waals surface area contributed by atoms with Crippen LogP contribution in [0.4, 0.5) is 4.39 Å². The summed E-state index contributed by atoms with van der Waals surface area (Å²) in [4.78, 5) is 13.3. The lowest BCUT2D eigenvalue weighted by Gasteiger charge is -2.21. The Morgan fingerprint density at radius 1 is 1.56 bits per heavy atom. The van der Waals surface area contributed by atoms with E-state index in [0.717, 1.165) is 0 Å². The Bertz CT molecular complexity index is 398. The van der Waals surface area contributed by atoms with Gasteiger partial charge in [-0.2, -0.15) is 0 Å². The van der Waals surface area contributed by atoms with Gasteiger partial charge in [0.25, 0.3) is 0 Å². The van der Waals surface area contributed by atoms with Crippen LogP contribution < -0.4 is 10.1 Å². The Labute approximate surface area is 107 Å². The smallest absolute Gasteiger partial charge is 0.239 e. The minimum Gasteiger partial charge on any atom is -0.492 e. The molecule has 1 atom stereocenters. The molecule has 0 aliphatic heterocycles. The summed E-state index contributed by atoms with van der Waals surface area (Å²) in [5.74, 6) is 0.138. The highest BCUT2D eigenvalue weighted by Crippen LogP contribution is 2.11. The minimum atomic E-state index is -0.333. The van der Waals surface area contributed by atoms with Gasteiger partial charge >= 0.3 is 0 Å². The van der Waals surface area contributed by atoms with Crippen LogP contribution in [0.3, 0.4) is 0 Å². The topological polar surface area (TPSA) is 41.6 Å². The van der Waals surface area contributed by atoms with Crippen LogP contribution in [0.25, 0.3) is 0 Å². The van der Waals surface area contributed by atoms with Gasteiger partial charge in [-0.05, 0) is 26.1 Å². The highest BCUT2D eigenvalue weighted by Gasteiger charge is 2.14. The summed E-state index contributed by atoms with van der Waals surface area (Å²) < 4.78 is 18.2. The zero-order valence-corrected chi connectivity index (χ0v) is 10.9. The molecule has 1 aromatic rings. The first kappa shape index (κ1) is 14.4. The third-order valence-corrected chi connectivity index (χ3v) is 2.67. The average molecular weight is 254 g/mol. The molecule has 18 heavy (non-hydrogen) atoms. The first-order chi connectivity index (χ1) is 8.54. The SMILES string of the molecule is CNC(C)C(=O)N(C)CCOc1cccc(F)c1. The molecule has 0 saturated carbocycles. The van der Waals surface area contributed by atoms with E-state index < -0.39 is 0 Å². The van der Waals surface area contributed by atoms with Gasteiger partial charge in [0, 0.05) is 13.1 Å². The molecule has 5 heteroatoms. The van der Waals surface area contributed by atoms with Crippen molar-refractivity contribution in [2.45, 2.75) is 13.0 Å². The number of halogens is 1. The van der Waals surface area contributed by atoms with Crippen LogP contribution in [0.1, 0.15) is 6.92 Å². The van der Waals surface area contributed by atoms with Crippen LogP contribution in [0.2, 0.25) is 0 Å². The molecule has 0 saturated heterocycles. The lowest BCUT2D eigenvalue weighted by Crippen LogP contribution is -2.43. The van der Waals surface area contributed by atoms with E-state index in [0.29, 0.717) is 18.9 Å². The Morgan fingerprint density at radius 3 is 2.89 bits per heavy atom. The molecular formula is C13H19FN2O2. The molecule has 0 aliphatic carbocycles. The molecule has 0 heterocycles. The van der Waals surface area contributed by atoms with E-state index in [1.807, 2.05) is 0 Å². The molecule has 1 N–H and O–H groups in total. The van der Waals surface area contributed by atoms with E-state index in [9.17, 15) is 9.18 Å². The summed E-state index contributed by atoms with van der Waals surface area (Å²) >= 11 is 0. The number of amides is 1. The molecule has 0 aromatic heterocycles. The summed E-state index contributed by atoms with van der Waals surface area (Å²) in [6.07, 6.45) is 0. The van der Waals surface area contributed by atoms with Crippen LogP contribution in [0.15, 0.2) is 24.3 Å². The van der Waals surface area contributed by atoms with E-state index in [-0.39, 0.29) is 17.8 Å². The summed E-state index contributed by atoms with van der Waals surface area (Å²) in [6, 6.07) is 5.72. The number of carbonyl (C=O) groups is 1. The number of carbonyl (C=O) groups excluding carboxylic acids is 1. The van der Waals surface area contributed by atoms with Gasteiger partial charge in [0.2, 0.25) is 5.91 Å². The fraction of sp³-hybridized carbons (Fsp3) is 0.462. The Kier molecular flexibility index (Phi) is 5.58. The maximum absolute atomic E-state index is 12.9. The van der Waals surface area contributed by atoms with Gasteiger partial charge in [-0.3, -0.25) is 4.79 Å². The van der Waals surface area contributed by atoms with E-state index in [4.69, 9.17) is 4.74 Å². The predicted molar refractivity (Wildman–Crippen MR) is 68.1 cm³/mol. The number of ether oxygens (including phenoxy) is 1. The van der Waals surface area contributed by atoms with Gasteiger partial charge in [-0.25, -0.2) is 4.39 Å². The van der Waals surface area contributed by atoms with Crippen molar-refractivity contribution >= 4 is 5.91 Å². The highest BCUT2D eigenvalue weighted by atomic mass is 19.1. The third kappa shape index (κ3) is 4.33. The van der Waals surface area contributed by atoms with Crippen molar-refractivity contribution in [2.24, 2.45) is 0 Å². The molecule has 0 bridgehead atoms. The van der Waals surface area contributed by atoms with Crippen molar-refractivity contribution in [2.75, 3.05) is 27.2 Å². The lowest BCUT2D eigenvalue weighted by molar-refractivity contribution is -0.131. The zero-order chi connectivity index (χ0) is 13.5. The quantitative estimate of drug-likeness (QED) is 0.831. The number of hydrogen-bond donors (Lipinski definition) is 1. The van der Waals surface area contributed by atoms with Gasteiger partial charge in [0.15, 0.2) is 0 Å². The average Bonchev–Trinajstić information content (AvgIpc) is 2.36. The van der Waals surface area contributed by atoms with Gasteiger partial charge in [0.05, 0.1) is 12.6 Å². The number of rotatable bonds is 6. The Morgan fingerprint density at radius 2 is 2.28 bits per heavy atom. The first-order valence-corrected chi connectivity index (χ1v) is 5.85. The standard InChI is InChI=1S/C13H19FN2O2/c1-10(15-2)13(17)16(3)7-8-18-12-6-4-5-11(14)9-12/h4-6,9-10,15H,7-8H2,1-3H3. The molecular weight excluding hydrogens is 235 g/mol. The Balaban J connectivity index is 2.35. The molecule has 4 nitrogen and oxygen atoms in total. The van der Waals surface area contributed by atoms with Crippen molar-refractivity contribution < 1.29 is 13.9 Å². The second-order valence-electron chi connectivity index (χ2n) is 4.08. The normalized spacial score (nSPS) is 12.0. The number of nitrogens with zero attached hydrogens (tertiary/aromatic N) is 1.